The first-order valence-electron chi connectivity index (χ1n) is 6.84. The molecule has 0 saturated heterocycles. The highest BCUT2D eigenvalue weighted by molar-refractivity contribution is 6.02. The molecule has 22 heavy (non-hydrogen) atoms. The van der Waals surface area contributed by atoms with Crippen LogP contribution in [0.15, 0.2) is 12.3 Å². The van der Waals surface area contributed by atoms with E-state index in [9.17, 15) is 9.59 Å². The van der Waals surface area contributed by atoms with Crippen LogP contribution in [-0.2, 0) is 18.4 Å². The number of rotatable bonds is 4. The molecule has 1 N–H and O–H groups in total. The molecule has 2 aromatic rings. The van der Waals surface area contributed by atoms with E-state index in [0.29, 0.717) is 5.69 Å². The fraction of sp³-hybridized carbons (Fsp3) is 0.429. The summed E-state index contributed by atoms with van der Waals surface area (Å²) in [4.78, 5) is 25.7. The molecule has 0 bridgehead atoms. The zero-order chi connectivity index (χ0) is 16.4. The van der Waals surface area contributed by atoms with Crippen molar-refractivity contribution in [2.24, 2.45) is 7.05 Å². The number of aryl methyl sites for hydroxylation is 2. The number of aromatic nitrogens is 4. The molecule has 2 aromatic heterocycles. The Balaban J connectivity index is 2.21. The highest BCUT2D eigenvalue weighted by Crippen LogP contribution is 2.20. The van der Waals surface area contributed by atoms with Crippen LogP contribution < -0.4 is 5.32 Å². The number of nitrogens with zero attached hydrogens (tertiary/aromatic N) is 5. The predicted octanol–water partition coefficient (Wildman–Crippen LogP) is 0.574. The molecule has 2 heterocycles. The minimum Gasteiger partial charge on any atom is -0.343 e. The average Bonchev–Trinajstić information content (AvgIpc) is 2.96. The lowest BCUT2D eigenvalue weighted by atomic mass is 10.2. The molecule has 0 unspecified atom stereocenters. The van der Waals surface area contributed by atoms with E-state index >= 15 is 0 Å². The standard InChI is InChI=1S/C14H20N6O2/c1-9-6-7-20(16-9)8-11(21)15-12-10(2)19(5)17-13(12)14(22)18(3)4/h6-7H,8H2,1-5H3,(H,15,21). The fourth-order valence-electron chi connectivity index (χ4n) is 2.00. The molecule has 0 atom stereocenters. The molecule has 0 aliphatic carbocycles. The topological polar surface area (TPSA) is 85.0 Å². The monoisotopic (exact) mass is 304 g/mol. The van der Waals surface area contributed by atoms with Gasteiger partial charge in [0, 0.05) is 27.3 Å². The van der Waals surface area contributed by atoms with E-state index in [0.717, 1.165) is 11.4 Å². The van der Waals surface area contributed by atoms with Crippen molar-refractivity contribution in [1.29, 1.82) is 0 Å². The van der Waals surface area contributed by atoms with Crippen LogP contribution in [0.1, 0.15) is 21.9 Å². The zero-order valence-corrected chi connectivity index (χ0v) is 13.4. The normalized spacial score (nSPS) is 10.6. The molecule has 2 amide bonds. The molecule has 8 heteroatoms. The summed E-state index contributed by atoms with van der Waals surface area (Å²) in [7, 11) is 5.02. The molecule has 0 radical (unpaired) electrons. The van der Waals surface area contributed by atoms with Crippen LogP contribution in [0.2, 0.25) is 0 Å². The van der Waals surface area contributed by atoms with Gasteiger partial charge in [-0.1, -0.05) is 0 Å². The van der Waals surface area contributed by atoms with Crippen molar-refractivity contribution in [2.45, 2.75) is 20.4 Å². The second kappa shape index (κ2) is 6.00. The molecule has 118 valence electrons. The maximum atomic E-state index is 12.2. The van der Waals surface area contributed by atoms with Gasteiger partial charge in [0.05, 0.1) is 17.1 Å². The van der Waals surface area contributed by atoms with E-state index in [2.05, 4.69) is 15.5 Å². The molecule has 0 aromatic carbocycles. The third-order valence-corrected chi connectivity index (χ3v) is 3.29. The molecule has 0 spiro atoms. The summed E-state index contributed by atoms with van der Waals surface area (Å²) >= 11 is 0. The van der Waals surface area contributed by atoms with Gasteiger partial charge in [-0.25, -0.2) is 0 Å². The lowest BCUT2D eigenvalue weighted by molar-refractivity contribution is -0.116. The van der Waals surface area contributed by atoms with Crippen molar-refractivity contribution in [3.63, 3.8) is 0 Å². The van der Waals surface area contributed by atoms with Crippen molar-refractivity contribution in [1.82, 2.24) is 24.5 Å². The zero-order valence-electron chi connectivity index (χ0n) is 13.4. The van der Waals surface area contributed by atoms with E-state index in [-0.39, 0.29) is 24.1 Å². The van der Waals surface area contributed by atoms with E-state index in [4.69, 9.17) is 0 Å². The maximum absolute atomic E-state index is 12.2. The van der Waals surface area contributed by atoms with Gasteiger partial charge in [0.1, 0.15) is 6.54 Å². The van der Waals surface area contributed by atoms with Crippen molar-refractivity contribution in [3.05, 3.63) is 29.3 Å². The first-order chi connectivity index (χ1) is 10.3. The number of carbonyl (C=O) groups is 2. The summed E-state index contributed by atoms with van der Waals surface area (Å²) in [6.07, 6.45) is 1.73. The first-order valence-corrected chi connectivity index (χ1v) is 6.84. The van der Waals surface area contributed by atoms with Gasteiger partial charge in [-0.3, -0.25) is 19.0 Å². The summed E-state index contributed by atoms with van der Waals surface area (Å²) < 4.78 is 3.12. The van der Waals surface area contributed by atoms with E-state index in [1.54, 1.807) is 43.6 Å². The van der Waals surface area contributed by atoms with E-state index in [1.165, 1.54) is 4.90 Å². The van der Waals surface area contributed by atoms with Gasteiger partial charge in [-0.15, -0.1) is 0 Å². The SMILES string of the molecule is Cc1ccn(CC(=O)Nc2c(C(=O)N(C)C)nn(C)c2C)n1. The van der Waals surface area contributed by atoms with E-state index < -0.39 is 0 Å². The van der Waals surface area contributed by atoms with Crippen LogP contribution in [0.4, 0.5) is 5.69 Å². The van der Waals surface area contributed by atoms with Crippen LogP contribution in [0.5, 0.6) is 0 Å². The highest BCUT2D eigenvalue weighted by Gasteiger charge is 2.22. The van der Waals surface area contributed by atoms with Crippen molar-refractivity contribution in [3.8, 4) is 0 Å². The summed E-state index contributed by atoms with van der Waals surface area (Å²) in [5, 5.41) is 11.1. The lowest BCUT2D eigenvalue weighted by Crippen LogP contribution is -2.25. The number of hydrogen-bond acceptors (Lipinski definition) is 4. The van der Waals surface area contributed by atoms with Gasteiger partial charge < -0.3 is 10.2 Å². The van der Waals surface area contributed by atoms with Gasteiger partial charge >= 0.3 is 0 Å². The Kier molecular flexibility index (Phi) is 4.30. The summed E-state index contributed by atoms with van der Waals surface area (Å²) in [5.41, 5.74) is 2.23. The molecule has 0 aliphatic rings. The smallest absolute Gasteiger partial charge is 0.276 e. The number of nitrogens with one attached hydrogen (secondary N) is 1. The molecule has 0 aliphatic heterocycles. The van der Waals surface area contributed by atoms with Crippen LogP contribution >= 0.6 is 0 Å². The average molecular weight is 304 g/mol. The van der Waals surface area contributed by atoms with Gasteiger partial charge in [-0.2, -0.15) is 10.2 Å². The summed E-state index contributed by atoms with van der Waals surface area (Å²) in [6.45, 7) is 3.73. The Morgan fingerprint density at radius 3 is 2.50 bits per heavy atom. The Morgan fingerprint density at radius 1 is 1.27 bits per heavy atom. The van der Waals surface area contributed by atoms with Gasteiger partial charge in [-0.05, 0) is 19.9 Å². The minimum absolute atomic E-state index is 0.0811. The van der Waals surface area contributed by atoms with Gasteiger partial charge in [0.25, 0.3) is 5.91 Å². The third-order valence-electron chi connectivity index (χ3n) is 3.29. The Hall–Kier alpha value is -2.64. The molecule has 8 nitrogen and oxygen atoms in total. The molecular weight excluding hydrogens is 284 g/mol. The first kappa shape index (κ1) is 15.7. The number of amides is 2. The highest BCUT2D eigenvalue weighted by atomic mass is 16.2. The second-order valence-corrected chi connectivity index (χ2v) is 5.34. The van der Waals surface area contributed by atoms with Crippen molar-refractivity contribution < 1.29 is 9.59 Å². The van der Waals surface area contributed by atoms with Crippen LogP contribution in [0, 0.1) is 13.8 Å². The maximum Gasteiger partial charge on any atom is 0.276 e. The van der Waals surface area contributed by atoms with Crippen LogP contribution in [0.3, 0.4) is 0 Å². The molecule has 0 fully saturated rings. The van der Waals surface area contributed by atoms with Crippen molar-refractivity contribution >= 4 is 17.5 Å². The number of carbonyl (C=O) groups excluding carboxylic acids is 2. The Labute approximate surface area is 128 Å². The summed E-state index contributed by atoms with van der Waals surface area (Å²) in [6, 6.07) is 1.82. The fourth-order valence-corrected chi connectivity index (χ4v) is 2.00. The predicted molar refractivity (Wildman–Crippen MR) is 81.6 cm³/mol. The van der Waals surface area contributed by atoms with Gasteiger partial charge in [0.15, 0.2) is 5.69 Å². The number of hydrogen-bond donors (Lipinski definition) is 1. The Morgan fingerprint density at radius 2 is 1.95 bits per heavy atom. The second-order valence-electron chi connectivity index (χ2n) is 5.34. The summed E-state index contributed by atoms with van der Waals surface area (Å²) in [5.74, 6) is -0.513. The third kappa shape index (κ3) is 3.16. The van der Waals surface area contributed by atoms with E-state index in [1.807, 2.05) is 13.0 Å². The lowest BCUT2D eigenvalue weighted by Gasteiger charge is -2.10. The Bertz CT molecular complexity index is 713. The van der Waals surface area contributed by atoms with Crippen LogP contribution in [0.25, 0.3) is 0 Å². The molecule has 2 rings (SSSR count). The number of anilines is 1. The van der Waals surface area contributed by atoms with Crippen LogP contribution in [-0.4, -0.2) is 50.4 Å². The quantitative estimate of drug-likeness (QED) is 0.895. The largest absolute Gasteiger partial charge is 0.343 e. The minimum atomic E-state index is -0.257. The molecule has 0 saturated carbocycles. The molecular formula is C14H20N6O2. The van der Waals surface area contributed by atoms with Crippen molar-refractivity contribution in [2.75, 3.05) is 19.4 Å². The van der Waals surface area contributed by atoms with Gasteiger partial charge in [0.2, 0.25) is 5.91 Å².